The van der Waals surface area contributed by atoms with Gasteiger partial charge in [-0.2, -0.15) is 5.26 Å². The summed E-state index contributed by atoms with van der Waals surface area (Å²) in [7, 11) is 0. The predicted octanol–water partition coefficient (Wildman–Crippen LogP) is 2.27. The van der Waals surface area contributed by atoms with Gasteiger partial charge in [-0.05, 0) is 56.7 Å². The topological polar surface area (TPSA) is 79.2 Å². The molecule has 22 heavy (non-hydrogen) atoms. The molecule has 1 fully saturated rings. The van der Waals surface area contributed by atoms with E-state index in [2.05, 4.69) is 11.4 Å². The van der Waals surface area contributed by atoms with Crippen LogP contribution in [-0.4, -0.2) is 24.0 Å². The monoisotopic (exact) mass is 300 g/mol. The molecule has 0 saturated heterocycles. The minimum absolute atomic E-state index is 0.191. The number of amides is 1. The van der Waals surface area contributed by atoms with E-state index in [4.69, 9.17) is 4.74 Å². The summed E-state index contributed by atoms with van der Waals surface area (Å²) in [5.74, 6) is -0.785. The van der Waals surface area contributed by atoms with Crippen LogP contribution < -0.4 is 5.32 Å². The zero-order chi connectivity index (χ0) is 16.3. The van der Waals surface area contributed by atoms with Crippen molar-refractivity contribution in [2.45, 2.75) is 39.2 Å². The molecule has 1 amide bonds. The van der Waals surface area contributed by atoms with Crippen molar-refractivity contribution in [2.24, 2.45) is 5.92 Å². The first-order chi connectivity index (χ1) is 10.4. The number of nitrogens with one attached hydrogen (secondary N) is 1. The fraction of sp³-hybridized carbons (Fsp3) is 0.471. The Bertz CT molecular complexity index is 644. The van der Waals surface area contributed by atoms with Gasteiger partial charge in [0.25, 0.3) is 5.91 Å². The highest BCUT2D eigenvalue weighted by atomic mass is 16.5. The van der Waals surface area contributed by atoms with E-state index in [0.717, 1.165) is 24.0 Å². The largest absolute Gasteiger partial charge is 0.452 e. The fourth-order valence-corrected chi connectivity index (χ4v) is 2.39. The Hall–Kier alpha value is -2.35. The average molecular weight is 300 g/mol. The SMILES string of the molecule is Cc1cccc(C(=O)OCC(=O)N[C@@](C)(C#N)C2CC2)c1C. The summed E-state index contributed by atoms with van der Waals surface area (Å²) in [4.78, 5) is 23.9. The van der Waals surface area contributed by atoms with Gasteiger partial charge in [0.05, 0.1) is 11.6 Å². The van der Waals surface area contributed by atoms with Gasteiger partial charge in [-0.15, -0.1) is 0 Å². The van der Waals surface area contributed by atoms with Crippen LogP contribution in [0.5, 0.6) is 0 Å². The molecule has 2 rings (SSSR count). The molecule has 1 N–H and O–H groups in total. The summed E-state index contributed by atoms with van der Waals surface area (Å²) in [5, 5.41) is 11.9. The highest BCUT2D eigenvalue weighted by molar-refractivity contribution is 5.93. The Labute approximate surface area is 130 Å². The molecule has 5 heteroatoms. The van der Waals surface area contributed by atoms with E-state index in [-0.39, 0.29) is 12.5 Å². The van der Waals surface area contributed by atoms with Crippen LogP contribution in [0.3, 0.4) is 0 Å². The van der Waals surface area contributed by atoms with Crippen molar-refractivity contribution >= 4 is 11.9 Å². The van der Waals surface area contributed by atoms with Crippen LogP contribution in [0.2, 0.25) is 0 Å². The van der Waals surface area contributed by atoms with Gasteiger partial charge in [-0.25, -0.2) is 4.79 Å². The molecule has 1 aromatic carbocycles. The predicted molar refractivity (Wildman–Crippen MR) is 81.1 cm³/mol. The van der Waals surface area contributed by atoms with E-state index in [1.807, 2.05) is 19.9 Å². The summed E-state index contributed by atoms with van der Waals surface area (Å²) in [6, 6.07) is 7.49. The molecule has 1 aliphatic carbocycles. The van der Waals surface area contributed by atoms with Crippen molar-refractivity contribution in [1.29, 1.82) is 5.26 Å². The van der Waals surface area contributed by atoms with E-state index in [1.54, 1.807) is 19.1 Å². The number of carbonyl (C=O) groups is 2. The van der Waals surface area contributed by atoms with Gasteiger partial charge in [-0.3, -0.25) is 4.79 Å². The van der Waals surface area contributed by atoms with Gasteiger partial charge in [0.15, 0.2) is 6.61 Å². The molecule has 1 aliphatic rings. The average Bonchev–Trinajstić information content (AvgIpc) is 3.32. The third-order valence-electron chi connectivity index (χ3n) is 4.18. The number of nitriles is 1. The van der Waals surface area contributed by atoms with Gasteiger partial charge in [-0.1, -0.05) is 12.1 Å². The molecule has 0 aromatic heterocycles. The summed E-state index contributed by atoms with van der Waals surface area (Å²) in [6.07, 6.45) is 1.87. The van der Waals surface area contributed by atoms with Crippen molar-refractivity contribution in [3.05, 3.63) is 34.9 Å². The molecule has 0 bridgehead atoms. The van der Waals surface area contributed by atoms with Crippen LogP contribution in [0.1, 0.15) is 41.3 Å². The minimum Gasteiger partial charge on any atom is -0.452 e. The number of hydrogen-bond donors (Lipinski definition) is 1. The van der Waals surface area contributed by atoms with Crippen LogP contribution in [-0.2, 0) is 9.53 Å². The van der Waals surface area contributed by atoms with Crippen LogP contribution in [0, 0.1) is 31.1 Å². The Morgan fingerprint density at radius 3 is 2.68 bits per heavy atom. The second-order valence-corrected chi connectivity index (χ2v) is 5.96. The molecular weight excluding hydrogens is 280 g/mol. The number of ether oxygens (including phenoxy) is 1. The molecule has 1 aromatic rings. The molecule has 5 nitrogen and oxygen atoms in total. The maximum Gasteiger partial charge on any atom is 0.338 e. The van der Waals surface area contributed by atoms with Gasteiger partial charge in [0, 0.05) is 0 Å². The zero-order valence-electron chi connectivity index (χ0n) is 13.1. The molecule has 0 unspecified atom stereocenters. The van der Waals surface area contributed by atoms with Crippen molar-refractivity contribution < 1.29 is 14.3 Å². The van der Waals surface area contributed by atoms with Crippen molar-refractivity contribution in [2.75, 3.05) is 6.61 Å². The summed E-state index contributed by atoms with van der Waals surface area (Å²) in [5.41, 5.74) is 1.42. The van der Waals surface area contributed by atoms with Crippen LogP contribution in [0.25, 0.3) is 0 Å². The maximum absolute atomic E-state index is 12.0. The lowest BCUT2D eigenvalue weighted by atomic mass is 9.98. The van der Waals surface area contributed by atoms with Crippen LogP contribution in [0.4, 0.5) is 0 Å². The maximum atomic E-state index is 12.0. The lowest BCUT2D eigenvalue weighted by molar-refractivity contribution is -0.125. The molecule has 0 spiro atoms. The standard InChI is InChI=1S/C17H20N2O3/c1-11-5-4-6-14(12(11)2)16(21)22-9-15(20)19-17(3,10-18)13-7-8-13/h4-6,13H,7-9H2,1-3H3,(H,19,20)/t17-/m0/s1. The van der Waals surface area contributed by atoms with Gasteiger partial charge < -0.3 is 10.1 Å². The Balaban J connectivity index is 1.92. The lowest BCUT2D eigenvalue weighted by Gasteiger charge is -2.22. The quantitative estimate of drug-likeness (QED) is 0.846. The third kappa shape index (κ3) is 3.45. The number of esters is 1. The Morgan fingerprint density at radius 2 is 2.09 bits per heavy atom. The Morgan fingerprint density at radius 1 is 1.41 bits per heavy atom. The molecular formula is C17H20N2O3. The second kappa shape index (κ2) is 6.18. The summed E-state index contributed by atoms with van der Waals surface area (Å²) < 4.78 is 5.06. The highest BCUT2D eigenvalue weighted by Crippen LogP contribution is 2.39. The molecule has 0 radical (unpaired) electrons. The van der Waals surface area contributed by atoms with E-state index in [0.29, 0.717) is 5.56 Å². The summed E-state index contributed by atoms with van der Waals surface area (Å²) >= 11 is 0. The van der Waals surface area contributed by atoms with Gasteiger partial charge >= 0.3 is 5.97 Å². The molecule has 116 valence electrons. The number of hydrogen-bond acceptors (Lipinski definition) is 4. The van der Waals surface area contributed by atoms with E-state index < -0.39 is 17.4 Å². The Kier molecular flexibility index (Phi) is 4.51. The third-order valence-corrected chi connectivity index (χ3v) is 4.18. The lowest BCUT2D eigenvalue weighted by Crippen LogP contribution is -2.48. The minimum atomic E-state index is -0.872. The number of carbonyl (C=O) groups excluding carboxylic acids is 2. The first-order valence-electron chi connectivity index (χ1n) is 7.33. The fourth-order valence-electron chi connectivity index (χ4n) is 2.39. The van der Waals surface area contributed by atoms with E-state index >= 15 is 0 Å². The number of rotatable bonds is 5. The molecule has 0 aliphatic heterocycles. The molecule has 1 atom stereocenters. The first kappa shape index (κ1) is 16.0. The molecule has 0 heterocycles. The van der Waals surface area contributed by atoms with Crippen LogP contribution in [0.15, 0.2) is 18.2 Å². The smallest absolute Gasteiger partial charge is 0.338 e. The first-order valence-corrected chi connectivity index (χ1v) is 7.33. The summed E-state index contributed by atoms with van der Waals surface area (Å²) in [6.45, 7) is 5.07. The normalized spacial score (nSPS) is 16.3. The van der Waals surface area contributed by atoms with Crippen molar-refractivity contribution in [3.8, 4) is 6.07 Å². The molecule has 1 saturated carbocycles. The van der Waals surface area contributed by atoms with Gasteiger partial charge in [0.1, 0.15) is 5.54 Å². The highest BCUT2D eigenvalue weighted by Gasteiger charge is 2.43. The second-order valence-electron chi connectivity index (χ2n) is 5.96. The number of benzene rings is 1. The number of nitrogens with zero attached hydrogens (tertiary/aromatic N) is 1. The number of aryl methyl sites for hydroxylation is 1. The van der Waals surface area contributed by atoms with Crippen molar-refractivity contribution in [1.82, 2.24) is 5.32 Å². The van der Waals surface area contributed by atoms with Crippen molar-refractivity contribution in [3.63, 3.8) is 0 Å². The van der Waals surface area contributed by atoms with E-state index in [1.165, 1.54) is 0 Å². The zero-order valence-corrected chi connectivity index (χ0v) is 13.1. The van der Waals surface area contributed by atoms with E-state index in [9.17, 15) is 14.9 Å². The van der Waals surface area contributed by atoms with Crippen LogP contribution >= 0.6 is 0 Å². The van der Waals surface area contributed by atoms with Gasteiger partial charge in [0.2, 0.25) is 0 Å².